The first-order valence-electron chi connectivity index (χ1n) is 9.38. The summed E-state index contributed by atoms with van der Waals surface area (Å²) in [5.74, 6) is -1.47. The Bertz CT molecular complexity index is 832. The third kappa shape index (κ3) is 4.03. The topological polar surface area (TPSA) is 99.9 Å². The van der Waals surface area contributed by atoms with Crippen molar-refractivity contribution in [3.63, 3.8) is 0 Å². The first-order chi connectivity index (χ1) is 12.7. The fourth-order valence-electron chi connectivity index (χ4n) is 3.93. The minimum absolute atomic E-state index is 0.120. The molecule has 0 saturated carbocycles. The number of carbonyl (C=O) groups excluding carboxylic acids is 1. The van der Waals surface area contributed by atoms with Gasteiger partial charge in [-0.15, -0.1) is 0 Å². The molecule has 1 amide bonds. The van der Waals surface area contributed by atoms with Crippen LogP contribution in [0.15, 0.2) is 17.2 Å². The van der Waals surface area contributed by atoms with E-state index in [-0.39, 0.29) is 23.0 Å². The maximum Gasteiger partial charge on any atom is 0.308 e. The number of rotatable bonds is 4. The zero-order valence-electron chi connectivity index (χ0n) is 15.8. The summed E-state index contributed by atoms with van der Waals surface area (Å²) >= 11 is 0. The van der Waals surface area contributed by atoms with Crippen LogP contribution in [0.4, 0.5) is 0 Å². The molecule has 2 aliphatic heterocycles. The Balaban J connectivity index is 1.81. The molecule has 2 aliphatic rings. The minimum atomic E-state index is -3.64. The fourth-order valence-corrected chi connectivity index (χ4v) is 5.60. The molecule has 27 heavy (non-hydrogen) atoms. The molecule has 2 fully saturated rings. The number of aromatic nitrogens is 1. The molecule has 150 valence electrons. The first-order valence-corrected chi connectivity index (χ1v) is 10.8. The number of carboxylic acids is 1. The number of hydrogen-bond donors (Lipinski definition) is 1. The van der Waals surface area contributed by atoms with E-state index in [2.05, 4.69) is 0 Å². The molecule has 2 unspecified atom stereocenters. The lowest BCUT2D eigenvalue weighted by molar-refractivity contribution is -0.143. The Labute approximate surface area is 159 Å². The highest BCUT2D eigenvalue weighted by Gasteiger charge is 2.33. The molecule has 1 N–H and O–H groups in total. The van der Waals surface area contributed by atoms with Gasteiger partial charge in [0.25, 0.3) is 5.91 Å². The van der Waals surface area contributed by atoms with Crippen molar-refractivity contribution < 1.29 is 23.1 Å². The average molecular weight is 397 g/mol. The van der Waals surface area contributed by atoms with Crippen molar-refractivity contribution in [1.82, 2.24) is 13.8 Å². The van der Waals surface area contributed by atoms with E-state index < -0.39 is 21.9 Å². The van der Waals surface area contributed by atoms with Crippen molar-refractivity contribution in [1.29, 1.82) is 0 Å². The number of hydrogen-bond acceptors (Lipinski definition) is 4. The highest BCUT2D eigenvalue weighted by Crippen LogP contribution is 2.26. The molecule has 8 nitrogen and oxygen atoms in total. The summed E-state index contributed by atoms with van der Waals surface area (Å²) in [7, 11) is -1.99. The van der Waals surface area contributed by atoms with Gasteiger partial charge in [0.1, 0.15) is 10.6 Å². The zero-order chi connectivity index (χ0) is 19.8. The van der Waals surface area contributed by atoms with Crippen LogP contribution in [-0.2, 0) is 21.9 Å². The number of aryl methyl sites for hydroxylation is 1. The second-order valence-electron chi connectivity index (χ2n) is 7.71. The van der Waals surface area contributed by atoms with Crippen LogP contribution < -0.4 is 0 Å². The Hall–Kier alpha value is -1.87. The summed E-state index contributed by atoms with van der Waals surface area (Å²) < 4.78 is 28.9. The lowest BCUT2D eigenvalue weighted by Gasteiger charge is -2.30. The van der Waals surface area contributed by atoms with Gasteiger partial charge in [-0.1, -0.05) is 6.92 Å². The van der Waals surface area contributed by atoms with E-state index in [9.17, 15) is 23.1 Å². The van der Waals surface area contributed by atoms with E-state index in [4.69, 9.17) is 0 Å². The smallest absolute Gasteiger partial charge is 0.308 e. The summed E-state index contributed by atoms with van der Waals surface area (Å²) in [5, 5.41) is 9.21. The molecule has 1 aromatic rings. The third-order valence-corrected chi connectivity index (χ3v) is 7.34. The van der Waals surface area contributed by atoms with Crippen molar-refractivity contribution in [2.24, 2.45) is 18.9 Å². The predicted octanol–water partition coefficient (Wildman–Crippen LogP) is 1.38. The molecule has 1 aromatic heterocycles. The summed E-state index contributed by atoms with van der Waals surface area (Å²) in [5.41, 5.74) is 0.268. The number of piperidine rings is 2. The van der Waals surface area contributed by atoms with Gasteiger partial charge in [-0.05, 0) is 37.7 Å². The number of amides is 1. The number of likely N-dealkylation sites (tertiary alicyclic amines) is 1. The Morgan fingerprint density at radius 1 is 1.15 bits per heavy atom. The van der Waals surface area contributed by atoms with Crippen molar-refractivity contribution in [3.8, 4) is 0 Å². The van der Waals surface area contributed by atoms with E-state index in [0.29, 0.717) is 38.4 Å². The second-order valence-corrected chi connectivity index (χ2v) is 9.65. The monoisotopic (exact) mass is 397 g/mol. The van der Waals surface area contributed by atoms with Gasteiger partial charge in [-0.3, -0.25) is 9.59 Å². The highest BCUT2D eigenvalue weighted by atomic mass is 32.2. The molecule has 0 spiro atoms. The van der Waals surface area contributed by atoms with Crippen molar-refractivity contribution >= 4 is 21.9 Å². The van der Waals surface area contributed by atoms with Gasteiger partial charge in [0, 0.05) is 39.4 Å². The lowest BCUT2D eigenvalue weighted by atomic mass is 9.98. The van der Waals surface area contributed by atoms with Crippen LogP contribution in [-0.4, -0.2) is 65.4 Å². The van der Waals surface area contributed by atoms with Gasteiger partial charge in [0.15, 0.2) is 0 Å². The zero-order valence-corrected chi connectivity index (χ0v) is 16.6. The van der Waals surface area contributed by atoms with Crippen LogP contribution in [0.25, 0.3) is 0 Å². The van der Waals surface area contributed by atoms with E-state index >= 15 is 0 Å². The van der Waals surface area contributed by atoms with Gasteiger partial charge < -0.3 is 14.6 Å². The van der Waals surface area contributed by atoms with Crippen LogP contribution in [0, 0.1) is 11.8 Å². The third-order valence-electron chi connectivity index (χ3n) is 5.51. The molecule has 3 heterocycles. The Kier molecular flexibility index (Phi) is 5.62. The maximum atomic E-state index is 12.9. The van der Waals surface area contributed by atoms with E-state index in [1.54, 1.807) is 7.05 Å². The Morgan fingerprint density at radius 3 is 2.52 bits per heavy atom. The molecular formula is C18H27N3O5S. The minimum Gasteiger partial charge on any atom is -0.481 e. The van der Waals surface area contributed by atoms with E-state index in [1.807, 2.05) is 6.92 Å². The van der Waals surface area contributed by atoms with Crippen molar-refractivity contribution in [2.75, 3.05) is 26.2 Å². The van der Waals surface area contributed by atoms with Crippen LogP contribution in [0.3, 0.4) is 0 Å². The first kappa shape index (κ1) is 19.9. The highest BCUT2D eigenvalue weighted by molar-refractivity contribution is 7.89. The Morgan fingerprint density at radius 2 is 1.85 bits per heavy atom. The molecule has 3 rings (SSSR count). The number of carbonyl (C=O) groups is 2. The molecule has 9 heteroatoms. The second kappa shape index (κ2) is 7.63. The normalized spacial score (nSPS) is 24.7. The molecule has 2 saturated heterocycles. The summed E-state index contributed by atoms with van der Waals surface area (Å²) in [6, 6.07) is 1.42. The fraction of sp³-hybridized carbons (Fsp3) is 0.667. The number of carboxylic acid groups (broad SMARTS) is 1. The number of sulfonamides is 1. The van der Waals surface area contributed by atoms with Crippen molar-refractivity contribution in [3.05, 3.63) is 18.0 Å². The van der Waals surface area contributed by atoms with E-state index in [1.165, 1.54) is 26.0 Å². The predicted molar refractivity (Wildman–Crippen MR) is 98.8 cm³/mol. The van der Waals surface area contributed by atoms with Crippen LogP contribution in [0.5, 0.6) is 0 Å². The van der Waals surface area contributed by atoms with Gasteiger partial charge in [0.2, 0.25) is 10.0 Å². The van der Waals surface area contributed by atoms with Crippen LogP contribution in [0.2, 0.25) is 0 Å². The van der Waals surface area contributed by atoms with Crippen molar-refractivity contribution in [2.45, 2.75) is 37.5 Å². The lowest BCUT2D eigenvalue weighted by Crippen LogP contribution is -2.42. The van der Waals surface area contributed by atoms with Crippen LogP contribution in [0.1, 0.15) is 43.1 Å². The van der Waals surface area contributed by atoms with Crippen LogP contribution >= 0.6 is 0 Å². The molecule has 0 bridgehead atoms. The number of aliphatic carboxylic acids is 1. The summed E-state index contributed by atoms with van der Waals surface area (Å²) in [6.45, 7) is 3.67. The summed E-state index contributed by atoms with van der Waals surface area (Å²) in [6.07, 6.45) is 4.51. The SMILES string of the molecule is CC1CCCN(S(=O)(=O)c2cc(C(=O)N3CCCC(C(=O)O)C3)n(C)c2)C1. The van der Waals surface area contributed by atoms with E-state index in [0.717, 1.165) is 12.8 Å². The molecule has 0 radical (unpaired) electrons. The summed E-state index contributed by atoms with van der Waals surface area (Å²) in [4.78, 5) is 25.7. The number of nitrogens with zero attached hydrogens (tertiary/aromatic N) is 3. The maximum absolute atomic E-state index is 12.9. The van der Waals surface area contributed by atoms with Gasteiger partial charge in [-0.2, -0.15) is 4.31 Å². The molecule has 2 atom stereocenters. The van der Waals surface area contributed by atoms with Gasteiger partial charge >= 0.3 is 5.97 Å². The van der Waals surface area contributed by atoms with Gasteiger partial charge in [-0.25, -0.2) is 8.42 Å². The van der Waals surface area contributed by atoms with Gasteiger partial charge in [0.05, 0.1) is 5.92 Å². The molecule has 0 aliphatic carbocycles. The standard InChI is InChI=1S/C18H27N3O5S/c1-13-5-3-8-21(10-13)27(25,26)15-9-16(19(2)12-15)17(22)20-7-4-6-14(11-20)18(23)24/h9,12-14H,3-8,10-11H2,1-2H3,(H,23,24). The molecule has 0 aromatic carbocycles. The quantitative estimate of drug-likeness (QED) is 0.827. The largest absolute Gasteiger partial charge is 0.481 e. The average Bonchev–Trinajstić information content (AvgIpc) is 3.03. The molecular weight excluding hydrogens is 370 g/mol.